The lowest BCUT2D eigenvalue weighted by molar-refractivity contribution is -0.0512. The fourth-order valence-corrected chi connectivity index (χ4v) is 4.50. The maximum Gasteiger partial charge on any atom is 0.387 e. The Hall–Kier alpha value is -3.04. The number of benzene rings is 2. The first-order chi connectivity index (χ1) is 15.0. The highest BCUT2D eigenvalue weighted by molar-refractivity contribution is 7.15. The Balaban J connectivity index is 1.42. The van der Waals surface area contributed by atoms with E-state index in [2.05, 4.69) is 32.1 Å². The van der Waals surface area contributed by atoms with Crippen LogP contribution in [-0.2, 0) is 19.5 Å². The topological polar surface area (TPSA) is 63.7 Å². The molecule has 1 aliphatic rings. The second-order valence-electron chi connectivity index (χ2n) is 7.03. The van der Waals surface area contributed by atoms with Crippen LogP contribution in [0.15, 0.2) is 48.5 Å². The fraction of sp³-hybridized carbons (Fsp3) is 0.273. The number of aromatic nitrogens is 1. The van der Waals surface area contributed by atoms with Gasteiger partial charge in [0.15, 0.2) is 16.6 Å². The zero-order valence-corrected chi connectivity index (χ0v) is 17.6. The van der Waals surface area contributed by atoms with Gasteiger partial charge in [-0.15, -0.1) is 11.3 Å². The van der Waals surface area contributed by atoms with E-state index in [0.717, 1.165) is 36.6 Å². The Labute approximate surface area is 182 Å². The minimum absolute atomic E-state index is 0.0583. The molecule has 162 valence electrons. The van der Waals surface area contributed by atoms with Crippen LogP contribution in [0.2, 0.25) is 0 Å². The monoisotopic (exact) mass is 445 g/mol. The van der Waals surface area contributed by atoms with Crippen molar-refractivity contribution in [1.29, 1.82) is 0 Å². The first kappa shape index (κ1) is 21.2. The maximum absolute atomic E-state index is 12.6. The average Bonchev–Trinajstić information content (AvgIpc) is 3.15. The van der Waals surface area contributed by atoms with Gasteiger partial charge < -0.3 is 9.47 Å². The first-order valence-corrected chi connectivity index (χ1v) is 10.5. The molecule has 0 saturated heterocycles. The van der Waals surface area contributed by atoms with Gasteiger partial charge in [-0.3, -0.25) is 15.0 Å². The minimum Gasteiger partial charge on any atom is -0.493 e. The number of ether oxygens (including phenoxy) is 2. The third-order valence-electron chi connectivity index (χ3n) is 4.92. The number of carbonyl (C=O) groups excluding carboxylic acids is 1. The summed E-state index contributed by atoms with van der Waals surface area (Å²) in [5, 5.41) is 3.31. The minimum atomic E-state index is -2.98. The smallest absolute Gasteiger partial charge is 0.387 e. The lowest BCUT2D eigenvalue weighted by Crippen LogP contribution is -2.29. The van der Waals surface area contributed by atoms with Gasteiger partial charge in [0.05, 0.1) is 12.8 Å². The molecule has 0 fully saturated rings. The van der Waals surface area contributed by atoms with Gasteiger partial charge in [0.2, 0.25) is 0 Å². The largest absolute Gasteiger partial charge is 0.493 e. The second kappa shape index (κ2) is 9.40. The number of anilines is 1. The highest BCUT2D eigenvalue weighted by Gasteiger charge is 2.22. The summed E-state index contributed by atoms with van der Waals surface area (Å²) < 4.78 is 34.4. The molecule has 0 atom stereocenters. The molecule has 0 unspecified atom stereocenters. The molecule has 31 heavy (non-hydrogen) atoms. The van der Waals surface area contributed by atoms with Crippen LogP contribution in [0, 0.1) is 0 Å². The van der Waals surface area contributed by atoms with Crippen molar-refractivity contribution in [1.82, 2.24) is 9.88 Å². The molecular formula is C22H21F2N3O3S. The molecule has 2 heterocycles. The van der Waals surface area contributed by atoms with E-state index >= 15 is 0 Å². The molecule has 1 aromatic heterocycles. The highest BCUT2D eigenvalue weighted by Crippen LogP contribution is 2.31. The molecule has 0 spiro atoms. The Morgan fingerprint density at radius 2 is 2.03 bits per heavy atom. The SMILES string of the molecule is COc1cc(C(=O)Nc2nc3c(s2)CN(Cc2ccccc2)CC3)ccc1OC(F)F. The van der Waals surface area contributed by atoms with E-state index in [9.17, 15) is 13.6 Å². The van der Waals surface area contributed by atoms with Crippen LogP contribution in [0.1, 0.15) is 26.5 Å². The van der Waals surface area contributed by atoms with E-state index in [-0.39, 0.29) is 17.1 Å². The zero-order chi connectivity index (χ0) is 21.8. The summed E-state index contributed by atoms with van der Waals surface area (Å²) in [6.45, 7) is -0.420. The summed E-state index contributed by atoms with van der Waals surface area (Å²) in [5.41, 5.74) is 2.53. The summed E-state index contributed by atoms with van der Waals surface area (Å²) in [7, 11) is 1.32. The fourth-order valence-electron chi connectivity index (χ4n) is 3.45. The van der Waals surface area contributed by atoms with Crippen molar-refractivity contribution in [3.05, 3.63) is 70.2 Å². The third-order valence-corrected chi connectivity index (χ3v) is 5.92. The van der Waals surface area contributed by atoms with E-state index in [0.29, 0.717) is 5.13 Å². The highest BCUT2D eigenvalue weighted by atomic mass is 32.1. The molecule has 0 bridgehead atoms. The second-order valence-corrected chi connectivity index (χ2v) is 8.12. The van der Waals surface area contributed by atoms with Gasteiger partial charge in [-0.05, 0) is 23.8 Å². The summed E-state index contributed by atoms with van der Waals surface area (Å²) in [6.07, 6.45) is 0.821. The summed E-state index contributed by atoms with van der Waals surface area (Å²) in [4.78, 5) is 20.7. The van der Waals surface area contributed by atoms with Crippen LogP contribution in [0.3, 0.4) is 0 Å². The summed E-state index contributed by atoms with van der Waals surface area (Å²) in [5.74, 6) is -0.464. The molecule has 4 rings (SSSR count). The molecule has 2 aromatic carbocycles. The standard InChI is InChI=1S/C22H21F2N3O3S/c1-29-18-11-15(7-8-17(18)30-21(23)24)20(28)26-22-25-16-9-10-27(13-19(16)31-22)12-14-5-3-2-4-6-14/h2-8,11,21H,9-10,12-13H2,1H3,(H,25,26,28). The number of fused-ring (bicyclic) bond motifs is 1. The van der Waals surface area contributed by atoms with E-state index in [1.54, 1.807) is 0 Å². The molecule has 0 radical (unpaired) electrons. The van der Waals surface area contributed by atoms with Crippen LogP contribution in [0.5, 0.6) is 11.5 Å². The first-order valence-electron chi connectivity index (χ1n) is 9.71. The van der Waals surface area contributed by atoms with E-state index in [1.807, 2.05) is 18.2 Å². The summed E-state index contributed by atoms with van der Waals surface area (Å²) >= 11 is 1.45. The zero-order valence-electron chi connectivity index (χ0n) is 16.8. The van der Waals surface area contributed by atoms with Crippen LogP contribution >= 0.6 is 11.3 Å². The van der Waals surface area contributed by atoms with E-state index < -0.39 is 12.5 Å². The molecule has 0 saturated carbocycles. The number of nitrogens with one attached hydrogen (secondary N) is 1. The third kappa shape index (κ3) is 5.18. The normalized spacial score (nSPS) is 13.7. The Kier molecular flexibility index (Phi) is 6.43. The lowest BCUT2D eigenvalue weighted by atomic mass is 10.1. The molecule has 1 aliphatic heterocycles. The van der Waals surface area contributed by atoms with Crippen molar-refractivity contribution >= 4 is 22.4 Å². The number of halogens is 2. The average molecular weight is 445 g/mol. The summed E-state index contributed by atoms with van der Waals surface area (Å²) in [6, 6.07) is 14.4. The van der Waals surface area contributed by atoms with Crippen molar-refractivity contribution in [3.63, 3.8) is 0 Å². The van der Waals surface area contributed by atoms with Gasteiger partial charge in [0.25, 0.3) is 5.91 Å². The number of methoxy groups -OCH3 is 1. The predicted molar refractivity (Wildman–Crippen MR) is 114 cm³/mol. The van der Waals surface area contributed by atoms with Crippen molar-refractivity contribution < 1.29 is 23.0 Å². The van der Waals surface area contributed by atoms with E-state index in [4.69, 9.17) is 4.74 Å². The quantitative estimate of drug-likeness (QED) is 0.578. The van der Waals surface area contributed by atoms with Crippen molar-refractivity contribution in [2.45, 2.75) is 26.1 Å². The van der Waals surface area contributed by atoms with Gasteiger partial charge >= 0.3 is 6.61 Å². The van der Waals surface area contributed by atoms with Crippen LogP contribution in [0.25, 0.3) is 0 Å². The number of amides is 1. The Morgan fingerprint density at radius 3 is 2.77 bits per heavy atom. The van der Waals surface area contributed by atoms with Gasteiger partial charge in [0.1, 0.15) is 0 Å². The van der Waals surface area contributed by atoms with Gasteiger partial charge in [0, 0.05) is 36.5 Å². The number of hydrogen-bond acceptors (Lipinski definition) is 6. The number of alkyl halides is 2. The molecule has 0 aliphatic carbocycles. The van der Waals surface area contributed by atoms with Crippen LogP contribution < -0.4 is 14.8 Å². The van der Waals surface area contributed by atoms with Crippen LogP contribution in [0.4, 0.5) is 13.9 Å². The number of rotatable bonds is 7. The van der Waals surface area contributed by atoms with Crippen molar-refractivity contribution in [2.75, 3.05) is 19.0 Å². The Morgan fingerprint density at radius 1 is 1.23 bits per heavy atom. The molecule has 6 nitrogen and oxygen atoms in total. The van der Waals surface area contributed by atoms with Gasteiger partial charge in [-0.25, -0.2) is 4.98 Å². The molecular weight excluding hydrogens is 424 g/mol. The van der Waals surface area contributed by atoms with E-state index in [1.165, 1.54) is 42.2 Å². The predicted octanol–water partition coefficient (Wildman–Crippen LogP) is 4.56. The maximum atomic E-state index is 12.6. The van der Waals surface area contributed by atoms with Crippen molar-refractivity contribution in [2.24, 2.45) is 0 Å². The molecule has 3 aromatic rings. The lowest BCUT2D eigenvalue weighted by Gasteiger charge is -2.25. The molecule has 1 amide bonds. The van der Waals surface area contributed by atoms with Crippen LogP contribution in [-0.4, -0.2) is 36.1 Å². The number of nitrogens with zero attached hydrogens (tertiary/aromatic N) is 2. The number of thiazole rings is 1. The number of hydrogen-bond donors (Lipinski definition) is 1. The Bertz CT molecular complexity index is 1060. The van der Waals surface area contributed by atoms with Crippen molar-refractivity contribution in [3.8, 4) is 11.5 Å². The molecule has 9 heteroatoms. The number of carbonyl (C=O) groups is 1. The van der Waals surface area contributed by atoms with Gasteiger partial charge in [-0.2, -0.15) is 8.78 Å². The van der Waals surface area contributed by atoms with Gasteiger partial charge in [-0.1, -0.05) is 30.3 Å². The molecule has 1 N–H and O–H groups in total.